The molecule has 1 fully saturated rings. The smallest absolute Gasteiger partial charge is 0.315 e. The number of urea groups is 1. The van der Waals surface area contributed by atoms with Gasteiger partial charge in [-0.05, 0) is 61.8 Å². The van der Waals surface area contributed by atoms with Gasteiger partial charge in [-0.15, -0.1) is 5.10 Å². The van der Waals surface area contributed by atoms with Crippen LogP contribution < -0.4 is 26.8 Å². The molecule has 14 heteroatoms. The Hall–Kier alpha value is -3.27. The zero-order valence-corrected chi connectivity index (χ0v) is 25.0. The maximum absolute atomic E-state index is 12.3. The Morgan fingerprint density at radius 3 is 2.53 bits per heavy atom. The second-order valence-corrected chi connectivity index (χ2v) is 11.2. The van der Waals surface area contributed by atoms with Crippen LogP contribution in [-0.2, 0) is 22.4 Å². The molecule has 43 heavy (non-hydrogen) atoms. The van der Waals surface area contributed by atoms with E-state index in [1.165, 1.54) is 0 Å². The largest absolute Gasteiger partial charge is 0.443 e. The maximum atomic E-state index is 12.3. The van der Waals surface area contributed by atoms with Gasteiger partial charge in [0.05, 0.1) is 6.61 Å². The fourth-order valence-electron chi connectivity index (χ4n) is 4.99. The highest BCUT2D eigenvalue weighted by molar-refractivity contribution is 5.85. The Bertz CT molecular complexity index is 1210. The molecule has 0 radical (unpaired) electrons. The minimum Gasteiger partial charge on any atom is -0.443 e. The first-order valence-electron chi connectivity index (χ1n) is 14.6. The highest BCUT2D eigenvalue weighted by atomic mass is 16.7. The molecule has 1 aromatic heterocycles. The van der Waals surface area contributed by atoms with Crippen molar-refractivity contribution in [2.24, 2.45) is 11.5 Å². The average Bonchev–Trinajstić information content (AvgIpc) is 3.36. The summed E-state index contributed by atoms with van der Waals surface area (Å²) in [5, 5.41) is 52.8. The third-order valence-electron chi connectivity index (χ3n) is 7.58. The lowest BCUT2D eigenvalue weighted by molar-refractivity contribution is -0.278. The van der Waals surface area contributed by atoms with Crippen LogP contribution >= 0.6 is 0 Å². The summed E-state index contributed by atoms with van der Waals surface area (Å²) < 4.78 is 11.4. The van der Waals surface area contributed by atoms with E-state index in [4.69, 9.17) is 20.9 Å². The standard InChI is InChI=1S/C29H46N6O8/c1-15(2)22-19(27(35-34-22)43-28-25(39)24(38)23(37)21(14-36)42-28)13-18-8-7-17(12-16(18)3)9-11-32-29(41)33-20(26(31)40)6-4-5-10-30/h7-8,12,15,20-21,23-25,28,36-39H,4-6,9-11,13-14,30H2,1-3H3,(H2,31,40)(H,34,35)(H2,32,33,41)/t20-,21+,23+,24-,25+,28-/m0/s1. The third kappa shape index (κ3) is 9.11. The zero-order valence-electron chi connectivity index (χ0n) is 25.0. The lowest BCUT2D eigenvalue weighted by Crippen LogP contribution is -2.60. The van der Waals surface area contributed by atoms with Crippen LogP contribution in [0.1, 0.15) is 67.0 Å². The number of primary amides is 1. The lowest BCUT2D eigenvalue weighted by atomic mass is 9.95. The van der Waals surface area contributed by atoms with Crippen LogP contribution in [0, 0.1) is 6.92 Å². The molecule has 1 aliphatic rings. The van der Waals surface area contributed by atoms with Crippen molar-refractivity contribution in [3.63, 3.8) is 0 Å². The number of amides is 3. The molecule has 1 aromatic carbocycles. The van der Waals surface area contributed by atoms with E-state index in [-0.39, 0.29) is 11.8 Å². The van der Waals surface area contributed by atoms with Crippen molar-refractivity contribution in [1.29, 1.82) is 0 Å². The zero-order chi connectivity index (χ0) is 31.7. The first-order chi connectivity index (χ1) is 20.5. The van der Waals surface area contributed by atoms with E-state index < -0.39 is 55.3 Å². The van der Waals surface area contributed by atoms with Crippen molar-refractivity contribution in [3.05, 3.63) is 46.1 Å². The van der Waals surface area contributed by atoms with Gasteiger partial charge in [0.1, 0.15) is 30.5 Å². The van der Waals surface area contributed by atoms with Crippen LogP contribution in [0.15, 0.2) is 18.2 Å². The second-order valence-electron chi connectivity index (χ2n) is 11.2. The summed E-state index contributed by atoms with van der Waals surface area (Å²) in [7, 11) is 0. The lowest BCUT2D eigenvalue weighted by Gasteiger charge is -2.39. The highest BCUT2D eigenvalue weighted by Gasteiger charge is 2.45. The van der Waals surface area contributed by atoms with E-state index in [1.807, 2.05) is 39.0 Å². The van der Waals surface area contributed by atoms with Gasteiger partial charge >= 0.3 is 6.03 Å². The van der Waals surface area contributed by atoms with Crippen molar-refractivity contribution in [2.75, 3.05) is 19.7 Å². The number of nitrogens with one attached hydrogen (secondary N) is 3. The number of carbonyl (C=O) groups excluding carboxylic acids is 2. The van der Waals surface area contributed by atoms with Crippen molar-refractivity contribution in [3.8, 4) is 5.88 Å². The first kappa shape index (κ1) is 34.2. The van der Waals surface area contributed by atoms with Crippen molar-refractivity contribution in [1.82, 2.24) is 20.8 Å². The van der Waals surface area contributed by atoms with Gasteiger partial charge in [-0.25, -0.2) is 4.79 Å². The van der Waals surface area contributed by atoms with Gasteiger partial charge in [0.2, 0.25) is 18.1 Å². The topological polar surface area (TPSA) is 238 Å². The number of rotatable bonds is 15. The molecule has 2 heterocycles. The number of aliphatic hydroxyl groups is 4. The SMILES string of the molecule is Cc1cc(CCNC(=O)N[C@@H](CCCCN)C(N)=O)ccc1Cc1c(O[C@@H]2O[C@H](CO)[C@@H](O)[C@H](O)[C@H]2O)n[nH]c1C(C)C. The van der Waals surface area contributed by atoms with Crippen molar-refractivity contribution < 1.29 is 39.5 Å². The molecule has 6 atom stereocenters. The van der Waals surface area contributed by atoms with Gasteiger partial charge in [0, 0.05) is 24.2 Å². The minimum absolute atomic E-state index is 0.0706. The minimum atomic E-state index is -1.57. The van der Waals surface area contributed by atoms with Gasteiger partial charge in [-0.3, -0.25) is 9.89 Å². The Morgan fingerprint density at radius 1 is 1.16 bits per heavy atom. The van der Waals surface area contributed by atoms with Crippen LogP contribution in [-0.4, -0.2) is 99.0 Å². The van der Waals surface area contributed by atoms with E-state index in [0.29, 0.717) is 38.8 Å². The summed E-state index contributed by atoms with van der Waals surface area (Å²) in [5.41, 5.74) is 15.5. The number of H-pyrrole nitrogens is 1. The van der Waals surface area contributed by atoms with Crippen LogP contribution in [0.25, 0.3) is 0 Å². The molecule has 3 rings (SSSR count). The van der Waals surface area contributed by atoms with Crippen molar-refractivity contribution >= 4 is 11.9 Å². The number of aryl methyl sites for hydroxylation is 1. The first-order valence-corrected chi connectivity index (χ1v) is 14.6. The maximum Gasteiger partial charge on any atom is 0.315 e. The summed E-state index contributed by atoms with van der Waals surface area (Å²) >= 11 is 0. The number of benzene rings is 1. The highest BCUT2D eigenvalue weighted by Crippen LogP contribution is 2.32. The fraction of sp³-hybridized carbons (Fsp3) is 0.621. The van der Waals surface area contributed by atoms with Gasteiger partial charge in [0.15, 0.2) is 0 Å². The number of aromatic nitrogens is 2. The van der Waals surface area contributed by atoms with Crippen LogP contribution in [0.2, 0.25) is 0 Å². The van der Waals surface area contributed by atoms with Gasteiger partial charge < -0.3 is 52.0 Å². The predicted molar refractivity (Wildman–Crippen MR) is 157 cm³/mol. The molecule has 11 N–H and O–H groups in total. The molecular formula is C29H46N6O8. The molecule has 1 aliphatic heterocycles. The van der Waals surface area contributed by atoms with Gasteiger partial charge in [-0.1, -0.05) is 32.0 Å². The number of unbranched alkanes of at least 4 members (excludes halogenated alkanes) is 1. The summed E-state index contributed by atoms with van der Waals surface area (Å²) in [6.07, 6.45) is -4.18. The number of hydrogen-bond donors (Lipinski definition) is 9. The number of nitrogens with two attached hydrogens (primary N) is 2. The second kappa shape index (κ2) is 16.0. The Morgan fingerprint density at radius 2 is 1.91 bits per heavy atom. The number of carbonyl (C=O) groups is 2. The van der Waals surface area contributed by atoms with E-state index in [1.54, 1.807) is 0 Å². The molecule has 14 nitrogen and oxygen atoms in total. The molecule has 2 aromatic rings. The van der Waals surface area contributed by atoms with Gasteiger partial charge in [0.25, 0.3) is 0 Å². The number of ether oxygens (including phenoxy) is 2. The average molecular weight is 607 g/mol. The van der Waals surface area contributed by atoms with Crippen LogP contribution in [0.3, 0.4) is 0 Å². The quantitative estimate of drug-likeness (QED) is 0.117. The monoisotopic (exact) mass is 606 g/mol. The number of aliphatic hydroxyl groups excluding tert-OH is 4. The third-order valence-corrected chi connectivity index (χ3v) is 7.58. The number of nitrogens with zero attached hydrogens (tertiary/aromatic N) is 1. The summed E-state index contributed by atoms with van der Waals surface area (Å²) in [4.78, 5) is 23.9. The Labute approximate surface area is 251 Å². The Kier molecular flexibility index (Phi) is 12.7. The predicted octanol–water partition coefficient (Wildman–Crippen LogP) is -0.564. The molecule has 3 amide bonds. The molecule has 0 unspecified atom stereocenters. The molecule has 0 spiro atoms. The van der Waals surface area contributed by atoms with E-state index >= 15 is 0 Å². The van der Waals surface area contributed by atoms with E-state index in [2.05, 4.69) is 20.8 Å². The van der Waals surface area contributed by atoms with E-state index in [9.17, 15) is 30.0 Å². The molecule has 240 valence electrons. The summed E-state index contributed by atoms with van der Waals surface area (Å²) in [6.45, 7) is 6.28. The Balaban J connectivity index is 1.64. The number of aromatic amines is 1. The van der Waals surface area contributed by atoms with Crippen molar-refractivity contribution in [2.45, 2.75) is 95.5 Å². The summed E-state index contributed by atoms with van der Waals surface area (Å²) in [5.74, 6) is -0.330. The van der Waals surface area contributed by atoms with Crippen LogP contribution in [0.5, 0.6) is 5.88 Å². The molecule has 0 aliphatic carbocycles. The van der Waals surface area contributed by atoms with E-state index in [0.717, 1.165) is 34.4 Å². The molecule has 1 saturated heterocycles. The molecule has 0 bridgehead atoms. The number of hydrogen-bond acceptors (Lipinski definition) is 10. The molecule has 0 saturated carbocycles. The van der Waals surface area contributed by atoms with Crippen LogP contribution in [0.4, 0.5) is 4.79 Å². The van der Waals surface area contributed by atoms with Gasteiger partial charge in [-0.2, -0.15) is 0 Å². The molecular weight excluding hydrogens is 560 g/mol. The normalized spacial score (nSPS) is 22.8. The fourth-order valence-corrected chi connectivity index (χ4v) is 4.99. The summed E-state index contributed by atoms with van der Waals surface area (Å²) in [6, 6.07) is 4.77.